The van der Waals surface area contributed by atoms with Crippen LogP contribution in [0.5, 0.6) is 0 Å². The number of likely N-dealkylation sites (tertiary alicyclic amines) is 1. The van der Waals surface area contributed by atoms with Gasteiger partial charge in [-0.25, -0.2) is 0 Å². The van der Waals surface area contributed by atoms with E-state index >= 15 is 0 Å². The molecule has 1 heterocycles. The van der Waals surface area contributed by atoms with Crippen LogP contribution >= 0.6 is 0 Å². The second kappa shape index (κ2) is 5.43. The van der Waals surface area contributed by atoms with Crippen LogP contribution in [0.15, 0.2) is 30.3 Å². The highest BCUT2D eigenvalue weighted by Crippen LogP contribution is 2.11. The SMILES string of the molecule is O[C@@H]1CN(CCCc2ccccc2)C[C@@H]1O. The standard InChI is InChI=1S/C13H19NO2/c15-12-9-14(10-13(12)16)8-4-7-11-5-2-1-3-6-11/h1-3,5-6,12-13,15-16H,4,7-10H2/t12-,13+. The number of hydrogen-bond acceptors (Lipinski definition) is 3. The number of rotatable bonds is 4. The molecule has 2 atom stereocenters. The van der Waals surface area contributed by atoms with E-state index in [9.17, 15) is 10.2 Å². The smallest absolute Gasteiger partial charge is 0.0938 e. The normalized spacial score (nSPS) is 26.1. The molecule has 2 N–H and O–H groups in total. The van der Waals surface area contributed by atoms with Gasteiger partial charge >= 0.3 is 0 Å². The van der Waals surface area contributed by atoms with Gasteiger partial charge in [0, 0.05) is 13.1 Å². The number of aliphatic hydroxyl groups excluding tert-OH is 2. The molecule has 0 unspecified atom stereocenters. The Kier molecular flexibility index (Phi) is 3.93. The van der Waals surface area contributed by atoms with Gasteiger partial charge in [0.1, 0.15) is 0 Å². The topological polar surface area (TPSA) is 43.7 Å². The van der Waals surface area contributed by atoms with Gasteiger partial charge in [-0.05, 0) is 24.9 Å². The number of β-amino-alcohol motifs (C(OH)–C–C–N with tert-alkyl or cyclic N) is 2. The van der Waals surface area contributed by atoms with E-state index in [0.717, 1.165) is 19.4 Å². The lowest BCUT2D eigenvalue weighted by Gasteiger charge is -2.14. The van der Waals surface area contributed by atoms with Crippen molar-refractivity contribution in [2.75, 3.05) is 19.6 Å². The van der Waals surface area contributed by atoms with Gasteiger partial charge in [-0.2, -0.15) is 0 Å². The molecule has 0 aromatic heterocycles. The van der Waals surface area contributed by atoms with E-state index in [-0.39, 0.29) is 0 Å². The Bertz CT molecular complexity index is 305. The van der Waals surface area contributed by atoms with Crippen LogP contribution in [-0.2, 0) is 6.42 Å². The molecule has 2 rings (SSSR count). The lowest BCUT2D eigenvalue weighted by molar-refractivity contribution is 0.0572. The molecule has 0 amide bonds. The molecule has 3 nitrogen and oxygen atoms in total. The van der Waals surface area contributed by atoms with Crippen molar-refractivity contribution in [1.29, 1.82) is 0 Å². The van der Waals surface area contributed by atoms with Gasteiger partial charge in [-0.1, -0.05) is 30.3 Å². The van der Waals surface area contributed by atoms with E-state index in [2.05, 4.69) is 29.2 Å². The molecular weight excluding hydrogens is 202 g/mol. The van der Waals surface area contributed by atoms with Crippen LogP contribution in [0.3, 0.4) is 0 Å². The molecule has 1 aromatic rings. The maximum atomic E-state index is 9.39. The molecule has 88 valence electrons. The van der Waals surface area contributed by atoms with Gasteiger partial charge in [-0.3, -0.25) is 4.90 Å². The number of aryl methyl sites for hydroxylation is 1. The monoisotopic (exact) mass is 221 g/mol. The highest BCUT2D eigenvalue weighted by Gasteiger charge is 2.28. The van der Waals surface area contributed by atoms with Crippen molar-refractivity contribution in [3.63, 3.8) is 0 Å². The molecule has 16 heavy (non-hydrogen) atoms. The van der Waals surface area contributed by atoms with Crippen LogP contribution in [0.2, 0.25) is 0 Å². The van der Waals surface area contributed by atoms with Crippen LogP contribution in [0.25, 0.3) is 0 Å². The van der Waals surface area contributed by atoms with E-state index in [0.29, 0.717) is 13.1 Å². The second-order valence-electron chi connectivity index (χ2n) is 4.48. The minimum absolute atomic E-state index is 0.559. The first kappa shape index (κ1) is 11.6. The third-order valence-electron chi connectivity index (χ3n) is 3.12. The van der Waals surface area contributed by atoms with E-state index in [1.807, 2.05) is 6.07 Å². The molecule has 1 aromatic carbocycles. The Morgan fingerprint density at radius 2 is 1.69 bits per heavy atom. The summed E-state index contributed by atoms with van der Waals surface area (Å²) in [5, 5.41) is 18.8. The van der Waals surface area contributed by atoms with E-state index < -0.39 is 12.2 Å². The fourth-order valence-corrected chi connectivity index (χ4v) is 2.18. The number of aliphatic hydroxyl groups is 2. The van der Waals surface area contributed by atoms with E-state index in [1.54, 1.807) is 0 Å². The third-order valence-corrected chi connectivity index (χ3v) is 3.12. The van der Waals surface area contributed by atoms with Crippen LogP contribution in [0.4, 0.5) is 0 Å². The Balaban J connectivity index is 1.69. The summed E-state index contributed by atoms with van der Waals surface area (Å²) in [6.45, 7) is 2.16. The van der Waals surface area contributed by atoms with Crippen LogP contribution < -0.4 is 0 Å². The highest BCUT2D eigenvalue weighted by molar-refractivity contribution is 5.14. The van der Waals surface area contributed by atoms with Crippen molar-refractivity contribution in [3.8, 4) is 0 Å². The number of hydrogen-bond donors (Lipinski definition) is 2. The van der Waals surface area contributed by atoms with Gasteiger partial charge in [0.25, 0.3) is 0 Å². The maximum absolute atomic E-state index is 9.39. The summed E-state index contributed by atoms with van der Waals surface area (Å²) in [6.07, 6.45) is 1.01. The predicted octanol–water partition coefficient (Wildman–Crippen LogP) is 0.657. The van der Waals surface area contributed by atoms with Crippen molar-refractivity contribution in [3.05, 3.63) is 35.9 Å². The summed E-state index contributed by atoms with van der Waals surface area (Å²) in [5.74, 6) is 0. The predicted molar refractivity (Wildman–Crippen MR) is 63.2 cm³/mol. The first-order valence-electron chi connectivity index (χ1n) is 5.88. The Morgan fingerprint density at radius 3 is 2.31 bits per heavy atom. The van der Waals surface area contributed by atoms with E-state index in [1.165, 1.54) is 5.56 Å². The third kappa shape index (κ3) is 3.04. The molecule has 0 aliphatic carbocycles. The van der Waals surface area contributed by atoms with Crippen molar-refractivity contribution in [1.82, 2.24) is 4.90 Å². The summed E-state index contributed by atoms with van der Waals surface area (Å²) in [4.78, 5) is 2.12. The average molecular weight is 221 g/mol. The minimum Gasteiger partial charge on any atom is -0.389 e. The summed E-state index contributed by atoms with van der Waals surface area (Å²) in [6, 6.07) is 10.4. The second-order valence-corrected chi connectivity index (χ2v) is 4.48. The Labute approximate surface area is 96.3 Å². The molecule has 0 spiro atoms. The molecule has 1 saturated heterocycles. The van der Waals surface area contributed by atoms with Crippen molar-refractivity contribution < 1.29 is 10.2 Å². The Hall–Kier alpha value is -0.900. The molecule has 0 saturated carbocycles. The summed E-state index contributed by atoms with van der Waals surface area (Å²) < 4.78 is 0. The van der Waals surface area contributed by atoms with E-state index in [4.69, 9.17) is 0 Å². The average Bonchev–Trinajstić information content (AvgIpc) is 2.60. The van der Waals surface area contributed by atoms with Gasteiger partial charge in [0.05, 0.1) is 12.2 Å². The summed E-state index contributed by atoms with van der Waals surface area (Å²) >= 11 is 0. The number of nitrogens with zero attached hydrogens (tertiary/aromatic N) is 1. The fraction of sp³-hybridized carbons (Fsp3) is 0.538. The zero-order valence-corrected chi connectivity index (χ0v) is 9.42. The molecule has 0 bridgehead atoms. The lowest BCUT2D eigenvalue weighted by Crippen LogP contribution is -2.23. The van der Waals surface area contributed by atoms with Crippen molar-refractivity contribution >= 4 is 0 Å². The minimum atomic E-state index is -0.559. The lowest BCUT2D eigenvalue weighted by atomic mass is 10.1. The molecular formula is C13H19NO2. The molecule has 1 fully saturated rings. The van der Waals surface area contributed by atoms with Crippen LogP contribution in [-0.4, -0.2) is 47.0 Å². The van der Waals surface area contributed by atoms with Crippen molar-refractivity contribution in [2.45, 2.75) is 25.0 Å². The van der Waals surface area contributed by atoms with Crippen molar-refractivity contribution in [2.24, 2.45) is 0 Å². The zero-order valence-electron chi connectivity index (χ0n) is 9.42. The molecule has 1 aliphatic heterocycles. The van der Waals surface area contributed by atoms with Gasteiger partial charge in [0.2, 0.25) is 0 Å². The van der Waals surface area contributed by atoms with Crippen LogP contribution in [0, 0.1) is 0 Å². The highest BCUT2D eigenvalue weighted by atomic mass is 16.3. The van der Waals surface area contributed by atoms with Gasteiger partial charge < -0.3 is 10.2 Å². The molecule has 1 aliphatic rings. The largest absolute Gasteiger partial charge is 0.389 e. The quantitative estimate of drug-likeness (QED) is 0.785. The maximum Gasteiger partial charge on any atom is 0.0938 e. The van der Waals surface area contributed by atoms with Crippen LogP contribution in [0.1, 0.15) is 12.0 Å². The summed E-state index contributed by atoms with van der Waals surface area (Å²) in [7, 11) is 0. The Morgan fingerprint density at radius 1 is 1.06 bits per heavy atom. The van der Waals surface area contributed by atoms with Gasteiger partial charge in [-0.15, -0.1) is 0 Å². The first-order chi connectivity index (χ1) is 7.75. The fourth-order valence-electron chi connectivity index (χ4n) is 2.18. The summed E-state index contributed by atoms with van der Waals surface area (Å²) in [5.41, 5.74) is 1.35. The van der Waals surface area contributed by atoms with Gasteiger partial charge in [0.15, 0.2) is 0 Å². The zero-order chi connectivity index (χ0) is 11.4. The number of benzene rings is 1. The molecule has 3 heteroatoms. The molecule has 0 radical (unpaired) electrons. The first-order valence-corrected chi connectivity index (χ1v) is 5.88.